The van der Waals surface area contributed by atoms with Crippen molar-refractivity contribution in [1.82, 2.24) is 0 Å². The lowest BCUT2D eigenvalue weighted by atomic mass is 9.39. The molecule has 0 aromatic rings. The standard InChI is InChI=1S/C30H52O/c1-25(2)15-9-11-21-22(25)12-18-28(6)23(21)13-19-29(7)27(5)17-10-16-26(3,4)24(27)14-20-30(29,8)31-28/h21-24H,9-20H2,1-8H3. The van der Waals surface area contributed by atoms with Crippen molar-refractivity contribution in [3.05, 3.63) is 0 Å². The van der Waals surface area contributed by atoms with E-state index in [-0.39, 0.29) is 11.2 Å². The quantitative estimate of drug-likeness (QED) is 0.374. The van der Waals surface area contributed by atoms with Gasteiger partial charge in [-0.1, -0.05) is 54.4 Å². The molecule has 178 valence electrons. The van der Waals surface area contributed by atoms with Crippen LogP contribution >= 0.6 is 0 Å². The van der Waals surface area contributed by atoms with Crippen LogP contribution in [0, 0.1) is 45.3 Å². The van der Waals surface area contributed by atoms with Gasteiger partial charge in [-0.15, -0.1) is 0 Å². The molecule has 5 aliphatic rings. The molecule has 8 atom stereocenters. The van der Waals surface area contributed by atoms with E-state index < -0.39 is 0 Å². The third-order valence-electron chi connectivity index (χ3n) is 13.1. The van der Waals surface area contributed by atoms with Crippen molar-refractivity contribution in [2.75, 3.05) is 0 Å². The molecule has 0 aromatic heterocycles. The number of hydrogen-bond donors (Lipinski definition) is 0. The van der Waals surface area contributed by atoms with Gasteiger partial charge < -0.3 is 4.74 Å². The van der Waals surface area contributed by atoms with Gasteiger partial charge >= 0.3 is 0 Å². The maximum atomic E-state index is 7.60. The fraction of sp³-hybridized carbons (Fsp3) is 1.00. The Morgan fingerprint density at radius 3 is 2.00 bits per heavy atom. The lowest BCUT2D eigenvalue weighted by Gasteiger charge is -2.68. The molecule has 31 heavy (non-hydrogen) atoms. The maximum Gasteiger partial charge on any atom is 0.0720 e. The SMILES string of the molecule is CC1(C)CCCC2C1CCC1(C)OC3(C)CCC4C(C)(C)CCCC4(C)C3(C)CCC21. The maximum absolute atomic E-state index is 7.60. The molecule has 4 saturated carbocycles. The molecule has 0 bridgehead atoms. The Kier molecular flexibility index (Phi) is 4.96. The summed E-state index contributed by atoms with van der Waals surface area (Å²) in [5.41, 5.74) is 1.85. The van der Waals surface area contributed by atoms with Gasteiger partial charge in [0, 0.05) is 5.41 Å². The highest BCUT2D eigenvalue weighted by molar-refractivity contribution is 5.17. The Balaban J connectivity index is 1.54. The largest absolute Gasteiger partial charge is 0.368 e. The number of rotatable bonds is 0. The summed E-state index contributed by atoms with van der Waals surface area (Å²) in [5.74, 6) is 3.43. The van der Waals surface area contributed by atoms with Gasteiger partial charge in [-0.25, -0.2) is 0 Å². The van der Waals surface area contributed by atoms with Crippen molar-refractivity contribution < 1.29 is 4.74 Å². The summed E-state index contributed by atoms with van der Waals surface area (Å²) in [4.78, 5) is 0. The van der Waals surface area contributed by atoms with Crippen molar-refractivity contribution in [2.24, 2.45) is 45.3 Å². The predicted octanol–water partition coefficient (Wildman–Crippen LogP) is 8.80. The summed E-state index contributed by atoms with van der Waals surface area (Å²) >= 11 is 0. The van der Waals surface area contributed by atoms with E-state index in [4.69, 9.17) is 4.74 Å². The Hall–Kier alpha value is -0.0400. The Bertz CT molecular complexity index is 722. The van der Waals surface area contributed by atoms with E-state index in [1.807, 2.05) is 0 Å². The zero-order valence-corrected chi connectivity index (χ0v) is 22.2. The summed E-state index contributed by atoms with van der Waals surface area (Å²) in [6, 6.07) is 0. The lowest BCUT2D eigenvalue weighted by Crippen LogP contribution is -2.65. The fourth-order valence-electron chi connectivity index (χ4n) is 11.0. The molecule has 0 N–H and O–H groups in total. The van der Waals surface area contributed by atoms with Gasteiger partial charge in [0.15, 0.2) is 0 Å². The van der Waals surface area contributed by atoms with Crippen molar-refractivity contribution in [1.29, 1.82) is 0 Å². The number of hydrogen-bond acceptors (Lipinski definition) is 1. The average molecular weight is 429 g/mol. The van der Waals surface area contributed by atoms with Crippen LogP contribution in [0.2, 0.25) is 0 Å². The molecule has 1 saturated heterocycles. The van der Waals surface area contributed by atoms with Crippen LogP contribution in [0.4, 0.5) is 0 Å². The Morgan fingerprint density at radius 1 is 0.581 bits per heavy atom. The molecule has 1 nitrogen and oxygen atoms in total. The van der Waals surface area contributed by atoms with E-state index in [2.05, 4.69) is 55.4 Å². The minimum absolute atomic E-state index is 0.0339. The van der Waals surface area contributed by atoms with Gasteiger partial charge in [0.1, 0.15) is 0 Å². The lowest BCUT2D eigenvalue weighted by molar-refractivity contribution is -0.282. The topological polar surface area (TPSA) is 9.23 Å². The first kappa shape index (κ1) is 22.7. The molecule has 0 spiro atoms. The molecule has 0 aromatic carbocycles. The normalized spacial score (nSPS) is 55.7. The minimum atomic E-state index is 0.0339. The van der Waals surface area contributed by atoms with Crippen LogP contribution in [0.15, 0.2) is 0 Å². The van der Waals surface area contributed by atoms with Gasteiger partial charge in [-0.3, -0.25) is 0 Å². The average Bonchev–Trinajstić information content (AvgIpc) is 2.73. The molecule has 5 rings (SSSR count). The molecular weight excluding hydrogens is 376 g/mol. The van der Waals surface area contributed by atoms with Gasteiger partial charge in [0.2, 0.25) is 0 Å². The molecule has 0 radical (unpaired) electrons. The first-order chi connectivity index (χ1) is 14.3. The first-order valence-electron chi connectivity index (χ1n) is 14.0. The second kappa shape index (κ2) is 6.76. The highest BCUT2D eigenvalue weighted by Crippen LogP contribution is 2.72. The summed E-state index contributed by atoms with van der Waals surface area (Å²) in [5, 5.41) is 0. The fourth-order valence-corrected chi connectivity index (χ4v) is 11.0. The predicted molar refractivity (Wildman–Crippen MR) is 131 cm³/mol. The van der Waals surface area contributed by atoms with E-state index in [1.165, 1.54) is 77.0 Å². The van der Waals surface area contributed by atoms with E-state index in [0.717, 1.165) is 23.7 Å². The van der Waals surface area contributed by atoms with Crippen LogP contribution in [0.1, 0.15) is 132 Å². The van der Waals surface area contributed by atoms with Gasteiger partial charge in [-0.2, -0.15) is 0 Å². The first-order valence-corrected chi connectivity index (χ1v) is 14.0. The number of ether oxygens (including phenoxy) is 1. The summed E-state index contributed by atoms with van der Waals surface area (Å²) in [6.45, 7) is 20.8. The van der Waals surface area contributed by atoms with Crippen molar-refractivity contribution in [3.8, 4) is 0 Å². The van der Waals surface area contributed by atoms with E-state index in [9.17, 15) is 0 Å². The van der Waals surface area contributed by atoms with Crippen molar-refractivity contribution in [3.63, 3.8) is 0 Å². The zero-order chi connectivity index (χ0) is 22.5. The summed E-state index contributed by atoms with van der Waals surface area (Å²) in [7, 11) is 0. The second-order valence-corrected chi connectivity index (χ2v) is 15.2. The molecule has 5 fully saturated rings. The molecule has 1 heterocycles. The zero-order valence-electron chi connectivity index (χ0n) is 22.2. The van der Waals surface area contributed by atoms with Crippen molar-refractivity contribution in [2.45, 2.75) is 144 Å². The van der Waals surface area contributed by atoms with Gasteiger partial charge in [0.05, 0.1) is 11.2 Å². The van der Waals surface area contributed by atoms with E-state index >= 15 is 0 Å². The highest BCUT2D eigenvalue weighted by atomic mass is 16.5. The number of fused-ring (bicyclic) bond motifs is 6. The van der Waals surface area contributed by atoms with Crippen LogP contribution in [-0.4, -0.2) is 11.2 Å². The highest BCUT2D eigenvalue weighted by Gasteiger charge is 2.68. The Labute approximate surface area is 193 Å². The van der Waals surface area contributed by atoms with Crippen molar-refractivity contribution >= 4 is 0 Å². The van der Waals surface area contributed by atoms with Gasteiger partial charge in [-0.05, 0) is 118 Å². The third kappa shape index (κ3) is 2.96. The van der Waals surface area contributed by atoms with Crippen LogP contribution in [0.25, 0.3) is 0 Å². The minimum Gasteiger partial charge on any atom is -0.368 e. The molecule has 4 aliphatic carbocycles. The third-order valence-corrected chi connectivity index (χ3v) is 13.1. The molecule has 1 aliphatic heterocycles. The smallest absolute Gasteiger partial charge is 0.0720 e. The molecular formula is C30H52O. The van der Waals surface area contributed by atoms with E-state index in [1.54, 1.807) is 0 Å². The second-order valence-electron chi connectivity index (χ2n) is 15.2. The van der Waals surface area contributed by atoms with E-state index in [0.29, 0.717) is 21.7 Å². The van der Waals surface area contributed by atoms with Crippen LogP contribution in [-0.2, 0) is 4.74 Å². The van der Waals surface area contributed by atoms with Crippen LogP contribution in [0.5, 0.6) is 0 Å². The molecule has 0 amide bonds. The van der Waals surface area contributed by atoms with Crippen LogP contribution < -0.4 is 0 Å². The monoisotopic (exact) mass is 428 g/mol. The molecule has 1 heteroatoms. The summed E-state index contributed by atoms with van der Waals surface area (Å²) < 4.78 is 7.60. The van der Waals surface area contributed by atoms with Crippen LogP contribution in [0.3, 0.4) is 0 Å². The molecule has 8 unspecified atom stereocenters. The van der Waals surface area contributed by atoms with Gasteiger partial charge in [0.25, 0.3) is 0 Å². The summed E-state index contributed by atoms with van der Waals surface area (Å²) in [6.07, 6.45) is 16.7. The Morgan fingerprint density at radius 2 is 1.26 bits per heavy atom.